The average Bonchev–Trinajstić information content (AvgIpc) is 3.07. The Morgan fingerprint density at radius 3 is 2.80 bits per heavy atom. The van der Waals surface area contributed by atoms with E-state index in [-0.39, 0.29) is 11.5 Å². The molecule has 0 aliphatic carbocycles. The molecule has 0 saturated carbocycles. The molecule has 0 spiro atoms. The number of piperidine rings is 1. The highest BCUT2D eigenvalue weighted by molar-refractivity contribution is 6.17. The second-order valence-corrected chi connectivity index (χ2v) is 8.46. The number of rotatable bonds is 6. The standard InChI is InChI=1S/C24H32N4O2/c1-4-17-10-7-8-14-28(17)15-9-13-25-23(29)19-16-26(2)24(30)22-21(19)18-11-5-6-12-20(18)27(22)3/h5-6,11-12,16-17H,4,7-10,13-15H2,1-3H3,(H,25,29). The van der Waals surface area contributed by atoms with Gasteiger partial charge in [-0.3, -0.25) is 9.59 Å². The summed E-state index contributed by atoms with van der Waals surface area (Å²) in [4.78, 5) is 28.5. The lowest BCUT2D eigenvalue weighted by Crippen LogP contribution is -2.40. The molecule has 1 unspecified atom stereocenters. The van der Waals surface area contributed by atoms with Gasteiger partial charge in [0.15, 0.2) is 0 Å². The van der Waals surface area contributed by atoms with Gasteiger partial charge in [-0.2, -0.15) is 0 Å². The molecule has 1 aliphatic rings. The van der Waals surface area contributed by atoms with Crippen molar-refractivity contribution in [2.45, 2.75) is 45.1 Å². The van der Waals surface area contributed by atoms with Crippen molar-refractivity contribution < 1.29 is 4.79 Å². The van der Waals surface area contributed by atoms with Gasteiger partial charge in [-0.05, 0) is 38.3 Å². The molecule has 0 radical (unpaired) electrons. The van der Waals surface area contributed by atoms with E-state index in [0.717, 1.165) is 29.3 Å². The molecule has 1 N–H and O–H groups in total. The lowest BCUT2D eigenvalue weighted by molar-refractivity contribution is 0.0948. The predicted octanol–water partition coefficient (Wildman–Crippen LogP) is 3.41. The molecule has 4 rings (SSSR count). The molecule has 0 bridgehead atoms. The van der Waals surface area contributed by atoms with E-state index in [1.807, 2.05) is 35.9 Å². The minimum Gasteiger partial charge on any atom is -0.352 e. The number of aromatic nitrogens is 2. The highest BCUT2D eigenvalue weighted by Gasteiger charge is 2.21. The van der Waals surface area contributed by atoms with E-state index in [0.29, 0.717) is 23.7 Å². The van der Waals surface area contributed by atoms with Crippen molar-refractivity contribution in [2.24, 2.45) is 14.1 Å². The maximum absolute atomic E-state index is 13.1. The maximum Gasteiger partial charge on any atom is 0.274 e. The lowest BCUT2D eigenvalue weighted by atomic mass is 10.00. The Morgan fingerprint density at radius 2 is 2.00 bits per heavy atom. The number of likely N-dealkylation sites (tertiary alicyclic amines) is 1. The average molecular weight is 409 g/mol. The van der Waals surface area contributed by atoms with Gasteiger partial charge >= 0.3 is 0 Å². The van der Waals surface area contributed by atoms with E-state index in [1.54, 1.807) is 13.2 Å². The third-order valence-electron chi connectivity index (χ3n) is 6.59. The first-order valence-corrected chi connectivity index (χ1v) is 11.1. The highest BCUT2D eigenvalue weighted by Crippen LogP contribution is 2.28. The van der Waals surface area contributed by atoms with Crippen LogP contribution in [0.25, 0.3) is 21.8 Å². The minimum absolute atomic E-state index is 0.0871. The molecule has 160 valence electrons. The van der Waals surface area contributed by atoms with Crippen LogP contribution in [0.4, 0.5) is 0 Å². The zero-order chi connectivity index (χ0) is 21.3. The van der Waals surface area contributed by atoms with Crippen LogP contribution in [0.1, 0.15) is 49.4 Å². The molecule has 6 heteroatoms. The first-order valence-electron chi connectivity index (χ1n) is 11.1. The minimum atomic E-state index is -0.113. The summed E-state index contributed by atoms with van der Waals surface area (Å²) < 4.78 is 3.40. The van der Waals surface area contributed by atoms with Crippen molar-refractivity contribution >= 4 is 27.7 Å². The van der Waals surface area contributed by atoms with Gasteiger partial charge in [-0.1, -0.05) is 31.5 Å². The number of nitrogens with one attached hydrogen (secondary N) is 1. The molecule has 30 heavy (non-hydrogen) atoms. The van der Waals surface area contributed by atoms with E-state index in [1.165, 1.54) is 36.8 Å². The van der Waals surface area contributed by atoms with Crippen LogP contribution in [-0.2, 0) is 14.1 Å². The number of amides is 1. The summed E-state index contributed by atoms with van der Waals surface area (Å²) >= 11 is 0. The van der Waals surface area contributed by atoms with Crippen molar-refractivity contribution in [1.82, 2.24) is 19.4 Å². The van der Waals surface area contributed by atoms with Crippen molar-refractivity contribution in [3.8, 4) is 0 Å². The number of carbonyl (C=O) groups excluding carboxylic acids is 1. The number of nitrogens with zero attached hydrogens (tertiary/aromatic N) is 3. The number of benzene rings is 1. The number of fused-ring (bicyclic) bond motifs is 3. The van der Waals surface area contributed by atoms with Gasteiger partial charge in [0.05, 0.1) is 5.56 Å². The molecule has 1 aromatic carbocycles. The second-order valence-electron chi connectivity index (χ2n) is 8.46. The summed E-state index contributed by atoms with van der Waals surface area (Å²) in [5.41, 5.74) is 2.01. The van der Waals surface area contributed by atoms with Gasteiger partial charge in [0.25, 0.3) is 11.5 Å². The number of aryl methyl sites for hydroxylation is 2. The highest BCUT2D eigenvalue weighted by atomic mass is 16.2. The van der Waals surface area contributed by atoms with Gasteiger partial charge in [-0.15, -0.1) is 0 Å². The maximum atomic E-state index is 13.1. The van der Waals surface area contributed by atoms with Crippen molar-refractivity contribution in [2.75, 3.05) is 19.6 Å². The molecule has 1 saturated heterocycles. The second kappa shape index (κ2) is 8.64. The van der Waals surface area contributed by atoms with Crippen LogP contribution in [0.15, 0.2) is 35.3 Å². The van der Waals surface area contributed by atoms with Crippen LogP contribution >= 0.6 is 0 Å². The van der Waals surface area contributed by atoms with E-state index in [4.69, 9.17) is 0 Å². The Kier molecular flexibility index (Phi) is 5.95. The quantitative estimate of drug-likeness (QED) is 0.636. The molecule has 1 atom stereocenters. The third kappa shape index (κ3) is 3.65. The molecule has 3 heterocycles. The number of hydrogen-bond donors (Lipinski definition) is 1. The molecule has 3 aromatic rings. The zero-order valence-electron chi connectivity index (χ0n) is 18.3. The fraction of sp³-hybridized carbons (Fsp3) is 0.500. The molecule has 1 aliphatic heterocycles. The Bertz CT molecular complexity index is 1130. The SMILES string of the molecule is CCC1CCCCN1CCCNC(=O)c1cn(C)c(=O)c2c1c1ccccc1n2C. The molecule has 6 nitrogen and oxygen atoms in total. The Balaban J connectivity index is 1.54. The summed E-state index contributed by atoms with van der Waals surface area (Å²) in [5.74, 6) is -0.113. The third-order valence-corrected chi connectivity index (χ3v) is 6.59. The van der Waals surface area contributed by atoms with Crippen LogP contribution in [0.5, 0.6) is 0 Å². The topological polar surface area (TPSA) is 59.3 Å². The summed E-state index contributed by atoms with van der Waals surface area (Å²) in [5, 5.41) is 4.78. The van der Waals surface area contributed by atoms with Crippen LogP contribution in [0, 0.1) is 0 Å². The van der Waals surface area contributed by atoms with Gasteiger partial charge in [0.1, 0.15) is 5.52 Å². The van der Waals surface area contributed by atoms with E-state index in [9.17, 15) is 9.59 Å². The Labute approximate surface area is 177 Å². The van der Waals surface area contributed by atoms with Gasteiger partial charge in [-0.25, -0.2) is 0 Å². The number of hydrogen-bond acceptors (Lipinski definition) is 3. The summed E-state index contributed by atoms with van der Waals surface area (Å²) in [6.07, 6.45) is 7.71. The normalized spacial score (nSPS) is 17.6. The van der Waals surface area contributed by atoms with Crippen LogP contribution < -0.4 is 10.9 Å². The smallest absolute Gasteiger partial charge is 0.274 e. The molecular formula is C24H32N4O2. The zero-order valence-corrected chi connectivity index (χ0v) is 18.3. The fourth-order valence-electron chi connectivity index (χ4n) is 4.97. The molecular weight excluding hydrogens is 376 g/mol. The fourth-order valence-corrected chi connectivity index (χ4v) is 4.97. The van der Waals surface area contributed by atoms with E-state index in [2.05, 4.69) is 17.1 Å². The molecule has 2 aromatic heterocycles. The Hall–Kier alpha value is -2.60. The van der Waals surface area contributed by atoms with Gasteiger partial charge in [0.2, 0.25) is 0 Å². The number of para-hydroxylation sites is 1. The van der Waals surface area contributed by atoms with Crippen LogP contribution in [-0.4, -0.2) is 45.6 Å². The van der Waals surface area contributed by atoms with E-state index < -0.39 is 0 Å². The molecule has 1 amide bonds. The van der Waals surface area contributed by atoms with Crippen molar-refractivity contribution in [3.05, 3.63) is 46.4 Å². The van der Waals surface area contributed by atoms with Crippen molar-refractivity contribution in [1.29, 1.82) is 0 Å². The van der Waals surface area contributed by atoms with Crippen LogP contribution in [0.2, 0.25) is 0 Å². The first-order chi connectivity index (χ1) is 14.5. The van der Waals surface area contributed by atoms with Gasteiger partial charge in [0, 0.05) is 55.7 Å². The summed E-state index contributed by atoms with van der Waals surface area (Å²) in [6.45, 7) is 5.10. The van der Waals surface area contributed by atoms with Crippen molar-refractivity contribution in [3.63, 3.8) is 0 Å². The largest absolute Gasteiger partial charge is 0.352 e. The predicted molar refractivity (Wildman–Crippen MR) is 122 cm³/mol. The number of carbonyl (C=O) groups is 1. The molecule has 1 fully saturated rings. The van der Waals surface area contributed by atoms with Gasteiger partial charge < -0.3 is 19.4 Å². The summed E-state index contributed by atoms with van der Waals surface area (Å²) in [7, 11) is 3.59. The first kappa shape index (κ1) is 20.7. The summed E-state index contributed by atoms with van der Waals surface area (Å²) in [6, 6.07) is 8.56. The van der Waals surface area contributed by atoms with E-state index >= 15 is 0 Å². The monoisotopic (exact) mass is 408 g/mol. The lowest BCUT2D eigenvalue weighted by Gasteiger charge is -2.35. The Morgan fingerprint density at radius 1 is 1.20 bits per heavy atom. The number of pyridine rings is 1. The van der Waals surface area contributed by atoms with Crippen LogP contribution in [0.3, 0.4) is 0 Å².